The second-order valence-electron chi connectivity index (χ2n) is 7.46. The van der Waals surface area contributed by atoms with Crippen molar-refractivity contribution in [3.8, 4) is 17.2 Å². The molecule has 2 aromatic heterocycles. The summed E-state index contributed by atoms with van der Waals surface area (Å²) in [7, 11) is 1.55. The first-order valence-corrected chi connectivity index (χ1v) is 10.5. The summed E-state index contributed by atoms with van der Waals surface area (Å²) < 4.78 is 16.9. The van der Waals surface area contributed by atoms with Crippen molar-refractivity contribution < 1.29 is 19.0 Å². The third kappa shape index (κ3) is 4.23. The number of benzene rings is 2. The molecular formula is C25H22N4O4. The molecule has 8 heteroatoms. The highest BCUT2D eigenvalue weighted by Gasteiger charge is 2.19. The van der Waals surface area contributed by atoms with Crippen molar-refractivity contribution in [2.75, 3.05) is 20.3 Å². The van der Waals surface area contributed by atoms with Crippen LogP contribution in [-0.4, -0.2) is 41.4 Å². The number of aromatic nitrogens is 3. The zero-order valence-electron chi connectivity index (χ0n) is 18.0. The molecule has 0 saturated carbocycles. The smallest absolute Gasteiger partial charge is 0.255 e. The van der Waals surface area contributed by atoms with Crippen LogP contribution in [0.2, 0.25) is 0 Å². The van der Waals surface area contributed by atoms with Crippen molar-refractivity contribution in [3.05, 3.63) is 77.2 Å². The molecule has 0 spiro atoms. The molecule has 5 rings (SSSR count). The minimum absolute atomic E-state index is 0.236. The second kappa shape index (κ2) is 9.04. The van der Waals surface area contributed by atoms with E-state index in [1.54, 1.807) is 25.6 Å². The highest BCUT2D eigenvalue weighted by molar-refractivity contribution is 6.05. The number of carbonyl (C=O) groups excluding carboxylic acids is 1. The number of rotatable bonds is 6. The molecule has 0 fully saturated rings. The Bertz CT molecular complexity index is 1330. The fourth-order valence-corrected chi connectivity index (χ4v) is 3.74. The van der Waals surface area contributed by atoms with Crippen LogP contribution in [-0.2, 0) is 6.54 Å². The lowest BCUT2D eigenvalue weighted by Gasteiger charge is -2.18. The lowest BCUT2D eigenvalue weighted by atomic mass is 10.1. The lowest BCUT2D eigenvalue weighted by Crippen LogP contribution is -2.23. The topological polar surface area (TPSA) is 98.4 Å². The minimum Gasteiger partial charge on any atom is -0.495 e. The average molecular weight is 442 g/mol. The SMILES string of the molecule is COc1c(C(=O)NCc2cccnc2)ccc2[nH]nc(C=Cc3ccc4c(c3)OCCO4)c12. The van der Waals surface area contributed by atoms with Crippen molar-refractivity contribution in [3.63, 3.8) is 0 Å². The minimum atomic E-state index is -0.236. The number of H-pyrrole nitrogens is 1. The molecule has 0 aliphatic carbocycles. The van der Waals surface area contributed by atoms with Crippen molar-refractivity contribution in [2.45, 2.75) is 6.54 Å². The van der Waals surface area contributed by atoms with E-state index < -0.39 is 0 Å². The zero-order chi connectivity index (χ0) is 22.6. The molecule has 8 nitrogen and oxygen atoms in total. The number of aromatic amines is 1. The van der Waals surface area contributed by atoms with E-state index in [2.05, 4.69) is 20.5 Å². The Labute approximate surface area is 190 Å². The Morgan fingerprint density at radius 1 is 1.15 bits per heavy atom. The molecule has 1 amide bonds. The molecule has 0 unspecified atom stereocenters. The number of methoxy groups -OCH3 is 1. The number of amides is 1. The predicted molar refractivity (Wildman–Crippen MR) is 124 cm³/mol. The molecule has 3 heterocycles. The molecule has 0 atom stereocenters. The first-order valence-electron chi connectivity index (χ1n) is 10.5. The van der Waals surface area contributed by atoms with E-state index in [0.717, 1.165) is 33.5 Å². The first-order chi connectivity index (χ1) is 16.2. The van der Waals surface area contributed by atoms with Gasteiger partial charge in [0.05, 0.1) is 29.3 Å². The van der Waals surface area contributed by atoms with Gasteiger partial charge in [0, 0.05) is 18.9 Å². The predicted octanol–water partition coefficient (Wildman–Crippen LogP) is 3.84. The number of pyridine rings is 1. The quantitative estimate of drug-likeness (QED) is 0.471. The van der Waals surface area contributed by atoms with Gasteiger partial charge < -0.3 is 19.5 Å². The van der Waals surface area contributed by atoms with Crippen LogP contribution >= 0.6 is 0 Å². The van der Waals surface area contributed by atoms with Crippen LogP contribution in [0.25, 0.3) is 23.1 Å². The van der Waals surface area contributed by atoms with Gasteiger partial charge in [0.1, 0.15) is 19.0 Å². The molecule has 0 bridgehead atoms. The maximum Gasteiger partial charge on any atom is 0.255 e. The van der Waals surface area contributed by atoms with Crippen LogP contribution in [0, 0.1) is 0 Å². The number of carbonyl (C=O) groups is 1. The first kappa shape index (κ1) is 20.6. The Kier molecular flexibility index (Phi) is 5.63. The van der Waals surface area contributed by atoms with Crippen LogP contribution in [0.3, 0.4) is 0 Å². The van der Waals surface area contributed by atoms with E-state index in [4.69, 9.17) is 14.2 Å². The highest BCUT2D eigenvalue weighted by atomic mass is 16.6. The normalized spacial score (nSPS) is 12.8. The maximum atomic E-state index is 12.9. The number of hydrogen-bond donors (Lipinski definition) is 2. The fraction of sp³-hybridized carbons (Fsp3) is 0.160. The number of nitrogens with one attached hydrogen (secondary N) is 2. The van der Waals surface area contributed by atoms with Crippen LogP contribution < -0.4 is 19.5 Å². The van der Waals surface area contributed by atoms with Crippen LogP contribution in [0.4, 0.5) is 0 Å². The number of hydrogen-bond acceptors (Lipinski definition) is 6. The van der Waals surface area contributed by atoms with Crippen LogP contribution in [0.15, 0.2) is 54.9 Å². The summed E-state index contributed by atoms with van der Waals surface area (Å²) in [6.07, 6.45) is 7.23. The molecule has 0 saturated heterocycles. The second-order valence-corrected chi connectivity index (χ2v) is 7.46. The van der Waals surface area contributed by atoms with E-state index in [-0.39, 0.29) is 5.91 Å². The summed E-state index contributed by atoms with van der Waals surface area (Å²) >= 11 is 0. The van der Waals surface area contributed by atoms with E-state index >= 15 is 0 Å². The standard InChI is InChI=1S/C25H22N4O4/c1-31-24-18(25(30)27-15-17-3-2-10-26-14-17)6-8-20-23(24)19(28-29-20)7-4-16-5-9-21-22(13-16)33-12-11-32-21/h2-10,13-14H,11-12,15H2,1H3,(H,27,30)(H,28,29). The van der Waals surface area contributed by atoms with Crippen molar-refractivity contribution >= 4 is 29.0 Å². The van der Waals surface area contributed by atoms with Gasteiger partial charge in [-0.05, 0) is 47.5 Å². The van der Waals surface area contributed by atoms with Crippen molar-refractivity contribution in [1.29, 1.82) is 0 Å². The van der Waals surface area contributed by atoms with Gasteiger partial charge in [0.25, 0.3) is 5.91 Å². The van der Waals surface area contributed by atoms with Crippen molar-refractivity contribution in [1.82, 2.24) is 20.5 Å². The summed E-state index contributed by atoms with van der Waals surface area (Å²) in [6, 6.07) is 13.1. The Morgan fingerprint density at radius 3 is 2.85 bits per heavy atom. The molecule has 4 aromatic rings. The average Bonchev–Trinajstić information content (AvgIpc) is 3.29. The monoisotopic (exact) mass is 442 g/mol. The summed E-state index contributed by atoms with van der Waals surface area (Å²) in [5, 5.41) is 11.1. The number of nitrogens with zero attached hydrogens (tertiary/aromatic N) is 2. The van der Waals surface area contributed by atoms with E-state index in [9.17, 15) is 4.79 Å². The Morgan fingerprint density at radius 2 is 2.03 bits per heavy atom. The molecular weight excluding hydrogens is 420 g/mol. The van der Waals surface area contributed by atoms with Gasteiger partial charge in [0.15, 0.2) is 11.5 Å². The van der Waals surface area contributed by atoms with E-state index in [1.165, 1.54) is 0 Å². The molecule has 33 heavy (non-hydrogen) atoms. The maximum absolute atomic E-state index is 12.9. The van der Waals surface area contributed by atoms with Gasteiger partial charge in [-0.15, -0.1) is 0 Å². The lowest BCUT2D eigenvalue weighted by molar-refractivity contribution is 0.0948. The highest BCUT2D eigenvalue weighted by Crippen LogP contribution is 2.34. The number of ether oxygens (including phenoxy) is 3. The van der Waals surface area contributed by atoms with Crippen molar-refractivity contribution in [2.24, 2.45) is 0 Å². The molecule has 2 aromatic carbocycles. The molecule has 1 aliphatic rings. The summed E-state index contributed by atoms with van der Waals surface area (Å²) in [6.45, 7) is 1.46. The van der Waals surface area contributed by atoms with Gasteiger partial charge in [-0.2, -0.15) is 5.10 Å². The van der Waals surface area contributed by atoms with Gasteiger partial charge in [-0.25, -0.2) is 0 Å². The van der Waals surface area contributed by atoms with E-state index in [0.29, 0.717) is 36.8 Å². The van der Waals surface area contributed by atoms with Gasteiger partial charge in [0.2, 0.25) is 0 Å². The zero-order valence-corrected chi connectivity index (χ0v) is 18.0. The molecule has 0 radical (unpaired) electrons. The third-order valence-corrected chi connectivity index (χ3v) is 5.34. The molecule has 2 N–H and O–H groups in total. The third-order valence-electron chi connectivity index (χ3n) is 5.34. The summed E-state index contributed by atoms with van der Waals surface area (Å²) in [4.78, 5) is 17.0. The Balaban J connectivity index is 1.43. The number of fused-ring (bicyclic) bond motifs is 2. The fourth-order valence-electron chi connectivity index (χ4n) is 3.74. The van der Waals surface area contributed by atoms with Crippen LogP contribution in [0.1, 0.15) is 27.2 Å². The van der Waals surface area contributed by atoms with E-state index in [1.807, 2.05) is 48.6 Å². The van der Waals surface area contributed by atoms with Gasteiger partial charge in [-0.1, -0.05) is 18.2 Å². The van der Waals surface area contributed by atoms with Gasteiger partial charge in [-0.3, -0.25) is 14.9 Å². The van der Waals surface area contributed by atoms with Gasteiger partial charge >= 0.3 is 0 Å². The largest absolute Gasteiger partial charge is 0.495 e. The van der Waals surface area contributed by atoms with Crippen LogP contribution in [0.5, 0.6) is 17.2 Å². The molecule has 1 aliphatic heterocycles. The Hall–Kier alpha value is -4.33. The molecule has 166 valence electrons. The summed E-state index contributed by atoms with van der Waals surface area (Å²) in [5.41, 5.74) is 3.73. The summed E-state index contributed by atoms with van der Waals surface area (Å²) in [5.74, 6) is 1.69.